The number of aliphatic hydroxyl groups excluding tert-OH is 1. The lowest BCUT2D eigenvalue weighted by Gasteiger charge is -2.08. The quantitative estimate of drug-likeness (QED) is 0.792. The van der Waals surface area contributed by atoms with Crippen molar-refractivity contribution >= 4 is 22.9 Å². The molecule has 0 unspecified atom stereocenters. The maximum atomic E-state index is 8.60. The second-order valence-corrected chi connectivity index (χ2v) is 3.96. The summed E-state index contributed by atoms with van der Waals surface area (Å²) in [5.74, 6) is 0. The fourth-order valence-corrected chi connectivity index (χ4v) is 2.25. The molecule has 0 aromatic carbocycles. The summed E-state index contributed by atoms with van der Waals surface area (Å²) >= 11 is 7.45. The summed E-state index contributed by atoms with van der Waals surface area (Å²) in [4.78, 5) is 1.02. The van der Waals surface area contributed by atoms with Gasteiger partial charge in [0, 0.05) is 17.5 Å². The highest BCUT2D eigenvalue weighted by Gasteiger charge is 2.10. The molecule has 0 bridgehead atoms. The summed E-state index contributed by atoms with van der Waals surface area (Å²) in [5, 5.41) is 11.3. The molecule has 2 nitrogen and oxygen atoms in total. The third-order valence-electron chi connectivity index (χ3n) is 1.65. The van der Waals surface area contributed by atoms with Gasteiger partial charge in [0.25, 0.3) is 0 Å². The second-order valence-electron chi connectivity index (χ2n) is 2.61. The predicted molar refractivity (Wildman–Crippen MR) is 52.6 cm³/mol. The van der Waals surface area contributed by atoms with Gasteiger partial charge in [0.05, 0.1) is 5.02 Å². The first kappa shape index (κ1) is 9.99. The van der Waals surface area contributed by atoms with Gasteiger partial charge in [-0.1, -0.05) is 11.6 Å². The van der Waals surface area contributed by atoms with E-state index in [2.05, 4.69) is 0 Å². The molecule has 0 saturated carbocycles. The minimum absolute atomic E-state index is 0.0235. The molecule has 1 aromatic rings. The van der Waals surface area contributed by atoms with Crippen LogP contribution in [0.15, 0.2) is 11.4 Å². The third-order valence-corrected chi connectivity index (χ3v) is 3.15. The van der Waals surface area contributed by atoms with Crippen LogP contribution in [0.5, 0.6) is 0 Å². The first-order chi connectivity index (χ1) is 5.75. The Kier molecular flexibility index (Phi) is 4.01. The third kappa shape index (κ3) is 2.45. The van der Waals surface area contributed by atoms with E-state index in [4.69, 9.17) is 22.4 Å². The number of rotatable bonds is 4. The molecule has 68 valence electrons. The molecular weight excluding hydrogens is 194 g/mol. The standard InChI is InChI=1S/C8H12ClNOS/c9-6-3-5-12-8(6)7(10)2-1-4-11/h3,5,7,11H,1-2,4,10H2/t7-/m0/s1. The topological polar surface area (TPSA) is 46.2 Å². The Hall–Kier alpha value is -0.0900. The van der Waals surface area contributed by atoms with E-state index < -0.39 is 0 Å². The van der Waals surface area contributed by atoms with Crippen molar-refractivity contribution in [3.8, 4) is 0 Å². The minimum atomic E-state index is -0.0235. The fraction of sp³-hybridized carbons (Fsp3) is 0.500. The number of nitrogens with two attached hydrogens (primary N) is 1. The van der Waals surface area contributed by atoms with Gasteiger partial charge in [0.2, 0.25) is 0 Å². The summed E-state index contributed by atoms with van der Waals surface area (Å²) in [6.07, 6.45) is 1.52. The molecule has 0 radical (unpaired) electrons. The number of halogens is 1. The summed E-state index contributed by atoms with van der Waals surface area (Å²) < 4.78 is 0. The highest BCUT2D eigenvalue weighted by atomic mass is 35.5. The average Bonchev–Trinajstić information content (AvgIpc) is 2.47. The highest BCUT2D eigenvalue weighted by molar-refractivity contribution is 7.10. The second kappa shape index (κ2) is 4.82. The van der Waals surface area contributed by atoms with Crippen LogP contribution in [-0.2, 0) is 0 Å². The van der Waals surface area contributed by atoms with Crippen molar-refractivity contribution < 1.29 is 5.11 Å². The molecule has 0 spiro atoms. The number of hydrogen-bond donors (Lipinski definition) is 2. The van der Waals surface area contributed by atoms with Crippen molar-refractivity contribution in [2.75, 3.05) is 6.61 Å². The van der Waals surface area contributed by atoms with Gasteiger partial charge in [0.15, 0.2) is 0 Å². The zero-order valence-corrected chi connectivity index (χ0v) is 8.24. The van der Waals surface area contributed by atoms with Crippen LogP contribution in [0.25, 0.3) is 0 Å². The molecular formula is C8H12ClNOS. The van der Waals surface area contributed by atoms with E-state index in [0.29, 0.717) is 0 Å². The van der Waals surface area contributed by atoms with Crippen molar-refractivity contribution in [3.63, 3.8) is 0 Å². The minimum Gasteiger partial charge on any atom is -0.396 e. The maximum absolute atomic E-state index is 8.60. The van der Waals surface area contributed by atoms with Gasteiger partial charge < -0.3 is 10.8 Å². The number of thiophene rings is 1. The van der Waals surface area contributed by atoms with E-state index in [9.17, 15) is 0 Å². The largest absolute Gasteiger partial charge is 0.396 e. The number of aliphatic hydroxyl groups is 1. The van der Waals surface area contributed by atoms with Gasteiger partial charge in [-0.2, -0.15) is 0 Å². The van der Waals surface area contributed by atoms with Gasteiger partial charge >= 0.3 is 0 Å². The van der Waals surface area contributed by atoms with Crippen molar-refractivity contribution in [1.82, 2.24) is 0 Å². The molecule has 0 aliphatic rings. The van der Waals surface area contributed by atoms with Crippen LogP contribution in [0, 0.1) is 0 Å². The summed E-state index contributed by atoms with van der Waals surface area (Å²) in [5.41, 5.74) is 5.84. The zero-order valence-electron chi connectivity index (χ0n) is 6.66. The van der Waals surface area contributed by atoms with Crippen LogP contribution >= 0.6 is 22.9 Å². The van der Waals surface area contributed by atoms with Crippen LogP contribution in [0.2, 0.25) is 5.02 Å². The molecule has 0 aliphatic carbocycles. The lowest BCUT2D eigenvalue weighted by Crippen LogP contribution is -2.09. The Morgan fingerprint density at radius 3 is 2.92 bits per heavy atom. The van der Waals surface area contributed by atoms with E-state index in [1.165, 1.54) is 0 Å². The Balaban J connectivity index is 2.52. The molecule has 0 amide bonds. The predicted octanol–water partition coefficient (Wildman–Crippen LogP) is 2.17. The van der Waals surface area contributed by atoms with Crippen LogP contribution in [0.4, 0.5) is 0 Å². The maximum Gasteiger partial charge on any atom is 0.0561 e. The summed E-state index contributed by atoms with van der Waals surface area (Å²) in [7, 11) is 0. The molecule has 0 fully saturated rings. The van der Waals surface area contributed by atoms with Crippen LogP contribution in [-0.4, -0.2) is 11.7 Å². The SMILES string of the molecule is N[C@@H](CCCO)c1sccc1Cl. The Morgan fingerprint density at radius 1 is 1.67 bits per heavy atom. The first-order valence-electron chi connectivity index (χ1n) is 3.85. The lowest BCUT2D eigenvalue weighted by atomic mass is 10.1. The lowest BCUT2D eigenvalue weighted by molar-refractivity contribution is 0.280. The van der Waals surface area contributed by atoms with Crippen LogP contribution in [0.3, 0.4) is 0 Å². The molecule has 0 aliphatic heterocycles. The monoisotopic (exact) mass is 205 g/mol. The van der Waals surface area contributed by atoms with E-state index in [-0.39, 0.29) is 12.6 Å². The van der Waals surface area contributed by atoms with Gasteiger partial charge in [-0.3, -0.25) is 0 Å². The molecule has 0 saturated heterocycles. The summed E-state index contributed by atoms with van der Waals surface area (Å²) in [6, 6.07) is 1.82. The molecule has 1 atom stereocenters. The molecule has 1 aromatic heterocycles. The number of hydrogen-bond acceptors (Lipinski definition) is 3. The fourth-order valence-electron chi connectivity index (χ4n) is 1.01. The molecule has 12 heavy (non-hydrogen) atoms. The van der Waals surface area contributed by atoms with Gasteiger partial charge in [-0.25, -0.2) is 0 Å². The molecule has 4 heteroatoms. The normalized spacial score (nSPS) is 13.2. The Labute approximate surface area is 81.0 Å². The van der Waals surface area contributed by atoms with Crippen LogP contribution in [0.1, 0.15) is 23.8 Å². The smallest absolute Gasteiger partial charge is 0.0561 e. The molecule has 1 heterocycles. The highest BCUT2D eigenvalue weighted by Crippen LogP contribution is 2.29. The van der Waals surface area contributed by atoms with Crippen molar-refractivity contribution in [3.05, 3.63) is 21.3 Å². The van der Waals surface area contributed by atoms with Crippen LogP contribution < -0.4 is 5.73 Å². The van der Waals surface area contributed by atoms with Crippen molar-refractivity contribution in [2.24, 2.45) is 5.73 Å². The van der Waals surface area contributed by atoms with E-state index in [0.717, 1.165) is 22.7 Å². The van der Waals surface area contributed by atoms with Gasteiger partial charge in [0.1, 0.15) is 0 Å². The van der Waals surface area contributed by atoms with Crippen molar-refractivity contribution in [2.45, 2.75) is 18.9 Å². The van der Waals surface area contributed by atoms with E-state index in [1.807, 2.05) is 11.4 Å². The van der Waals surface area contributed by atoms with Crippen molar-refractivity contribution in [1.29, 1.82) is 0 Å². The van der Waals surface area contributed by atoms with E-state index >= 15 is 0 Å². The van der Waals surface area contributed by atoms with E-state index in [1.54, 1.807) is 11.3 Å². The Bertz CT molecular complexity index is 239. The van der Waals surface area contributed by atoms with Gasteiger partial charge in [-0.05, 0) is 24.3 Å². The Morgan fingerprint density at radius 2 is 2.42 bits per heavy atom. The van der Waals surface area contributed by atoms with Gasteiger partial charge in [-0.15, -0.1) is 11.3 Å². The average molecular weight is 206 g/mol. The first-order valence-corrected chi connectivity index (χ1v) is 5.10. The zero-order chi connectivity index (χ0) is 8.97. The molecule has 1 rings (SSSR count). The summed E-state index contributed by atoms with van der Waals surface area (Å²) in [6.45, 7) is 0.191. The molecule has 3 N–H and O–H groups in total.